The smallest absolute Gasteiger partial charge is 0.138 e. The lowest BCUT2D eigenvalue weighted by Gasteiger charge is -2.10. The molecule has 1 unspecified atom stereocenters. The highest BCUT2D eigenvalue weighted by atomic mass is 15.3. The number of nitrogens with two attached hydrogens (primary N) is 1. The highest BCUT2D eigenvalue weighted by Gasteiger charge is 2.12. The monoisotopic (exact) mass is 232 g/mol. The van der Waals surface area contributed by atoms with Gasteiger partial charge >= 0.3 is 0 Å². The number of hydrogen-bond acceptors (Lipinski definition) is 5. The van der Waals surface area contributed by atoms with E-state index in [0.29, 0.717) is 6.42 Å². The Bertz CT molecular complexity index is 475. The van der Waals surface area contributed by atoms with E-state index in [9.17, 15) is 0 Å². The van der Waals surface area contributed by atoms with Crippen LogP contribution in [0.15, 0.2) is 18.7 Å². The van der Waals surface area contributed by atoms with Crippen molar-refractivity contribution in [3.8, 4) is 0 Å². The maximum Gasteiger partial charge on any atom is 0.138 e. The van der Waals surface area contributed by atoms with Crippen molar-refractivity contribution in [3.05, 3.63) is 35.9 Å². The van der Waals surface area contributed by atoms with E-state index in [1.807, 2.05) is 18.5 Å². The molecule has 0 amide bonds. The molecule has 17 heavy (non-hydrogen) atoms. The second-order valence-corrected chi connectivity index (χ2v) is 3.89. The number of nitrogens with zero attached hydrogens (tertiary/aromatic N) is 5. The van der Waals surface area contributed by atoms with Crippen molar-refractivity contribution in [3.63, 3.8) is 0 Å². The predicted molar refractivity (Wildman–Crippen MR) is 63.1 cm³/mol. The normalized spacial score (nSPS) is 12.6. The van der Waals surface area contributed by atoms with Gasteiger partial charge in [0.15, 0.2) is 0 Å². The molecule has 1 atom stereocenters. The number of aryl methyl sites for hydroxylation is 2. The van der Waals surface area contributed by atoms with Crippen LogP contribution >= 0.6 is 0 Å². The maximum atomic E-state index is 6.08. The lowest BCUT2D eigenvalue weighted by molar-refractivity contribution is 0.574. The van der Waals surface area contributed by atoms with Gasteiger partial charge in [0, 0.05) is 19.2 Å². The largest absolute Gasteiger partial charge is 0.322 e. The minimum absolute atomic E-state index is 0.197. The van der Waals surface area contributed by atoms with Crippen molar-refractivity contribution in [2.45, 2.75) is 32.9 Å². The first kappa shape index (κ1) is 11.7. The van der Waals surface area contributed by atoms with Crippen molar-refractivity contribution >= 4 is 0 Å². The minimum Gasteiger partial charge on any atom is -0.322 e. The molecule has 2 aromatic heterocycles. The first-order chi connectivity index (χ1) is 8.20. The molecule has 0 fully saturated rings. The first-order valence-corrected chi connectivity index (χ1v) is 5.61. The van der Waals surface area contributed by atoms with Gasteiger partial charge in [0.25, 0.3) is 0 Å². The van der Waals surface area contributed by atoms with Gasteiger partial charge in [-0.25, -0.2) is 4.98 Å². The molecule has 2 aromatic rings. The van der Waals surface area contributed by atoms with Crippen LogP contribution < -0.4 is 5.73 Å². The first-order valence-electron chi connectivity index (χ1n) is 5.61. The Morgan fingerprint density at radius 1 is 1.29 bits per heavy atom. The van der Waals surface area contributed by atoms with Gasteiger partial charge < -0.3 is 5.73 Å². The van der Waals surface area contributed by atoms with Crippen LogP contribution in [-0.4, -0.2) is 24.7 Å². The Morgan fingerprint density at radius 3 is 2.76 bits per heavy atom. The number of hydrogen-bond donors (Lipinski definition) is 1. The van der Waals surface area contributed by atoms with Crippen LogP contribution in [0.5, 0.6) is 0 Å². The third-order valence-electron chi connectivity index (χ3n) is 2.58. The standard InChI is InChI=1S/C11H16N6/c1-3-17-11(15-7-16-17)4-9(12)10-6-13-8(2)5-14-10/h5-7,9H,3-4,12H2,1-2H3. The molecule has 0 aliphatic carbocycles. The van der Waals surface area contributed by atoms with Crippen molar-refractivity contribution in [1.82, 2.24) is 24.7 Å². The molecule has 0 spiro atoms. The topological polar surface area (TPSA) is 82.5 Å². The van der Waals surface area contributed by atoms with Crippen LogP contribution in [0.1, 0.15) is 30.2 Å². The molecule has 90 valence electrons. The van der Waals surface area contributed by atoms with E-state index >= 15 is 0 Å². The van der Waals surface area contributed by atoms with E-state index in [1.165, 1.54) is 0 Å². The summed E-state index contributed by atoms with van der Waals surface area (Å²) < 4.78 is 1.83. The molecule has 2 heterocycles. The summed E-state index contributed by atoms with van der Waals surface area (Å²) in [6.07, 6.45) is 5.60. The molecular weight excluding hydrogens is 216 g/mol. The van der Waals surface area contributed by atoms with Gasteiger partial charge in [-0.2, -0.15) is 5.10 Å². The van der Waals surface area contributed by atoms with E-state index in [2.05, 4.69) is 20.1 Å². The summed E-state index contributed by atoms with van der Waals surface area (Å²) >= 11 is 0. The van der Waals surface area contributed by atoms with Crippen molar-refractivity contribution < 1.29 is 0 Å². The number of rotatable bonds is 4. The molecular formula is C11H16N6. The quantitative estimate of drug-likeness (QED) is 0.836. The van der Waals surface area contributed by atoms with Crippen molar-refractivity contribution in [2.24, 2.45) is 5.73 Å². The van der Waals surface area contributed by atoms with Gasteiger partial charge in [0.2, 0.25) is 0 Å². The average Bonchev–Trinajstić information content (AvgIpc) is 2.77. The molecule has 0 saturated heterocycles. The van der Waals surface area contributed by atoms with Gasteiger partial charge in [0.05, 0.1) is 23.6 Å². The second-order valence-electron chi connectivity index (χ2n) is 3.89. The lowest BCUT2D eigenvalue weighted by atomic mass is 10.1. The fourth-order valence-electron chi connectivity index (χ4n) is 1.61. The zero-order valence-electron chi connectivity index (χ0n) is 10.0. The zero-order chi connectivity index (χ0) is 12.3. The fraction of sp³-hybridized carbons (Fsp3) is 0.455. The summed E-state index contributed by atoms with van der Waals surface area (Å²) in [7, 11) is 0. The van der Waals surface area contributed by atoms with E-state index in [1.54, 1.807) is 18.7 Å². The summed E-state index contributed by atoms with van der Waals surface area (Å²) in [6, 6.07) is -0.197. The van der Waals surface area contributed by atoms with E-state index < -0.39 is 0 Å². The van der Waals surface area contributed by atoms with E-state index in [-0.39, 0.29) is 6.04 Å². The lowest BCUT2D eigenvalue weighted by Crippen LogP contribution is -2.18. The van der Waals surface area contributed by atoms with E-state index in [0.717, 1.165) is 23.8 Å². The highest BCUT2D eigenvalue weighted by molar-refractivity contribution is 5.07. The second kappa shape index (κ2) is 5.01. The SMILES string of the molecule is CCn1ncnc1CC(N)c1cnc(C)cn1. The Balaban J connectivity index is 2.11. The van der Waals surface area contributed by atoms with Gasteiger partial charge in [0.1, 0.15) is 12.2 Å². The summed E-state index contributed by atoms with van der Waals surface area (Å²) in [5.41, 5.74) is 7.74. The number of aromatic nitrogens is 5. The highest BCUT2D eigenvalue weighted by Crippen LogP contribution is 2.11. The molecule has 6 nitrogen and oxygen atoms in total. The fourth-order valence-corrected chi connectivity index (χ4v) is 1.61. The van der Waals surface area contributed by atoms with Crippen LogP contribution in [0.25, 0.3) is 0 Å². The summed E-state index contributed by atoms with van der Waals surface area (Å²) in [6.45, 7) is 4.72. The van der Waals surface area contributed by atoms with Gasteiger partial charge in [-0.05, 0) is 13.8 Å². The molecule has 0 bridgehead atoms. The molecule has 0 aliphatic heterocycles. The Labute approximate surface area is 99.9 Å². The van der Waals surface area contributed by atoms with Crippen LogP contribution in [0.3, 0.4) is 0 Å². The molecule has 6 heteroatoms. The summed E-state index contributed by atoms with van der Waals surface area (Å²) in [5, 5.41) is 4.11. The van der Waals surface area contributed by atoms with Gasteiger partial charge in [-0.15, -0.1) is 0 Å². The molecule has 0 saturated carbocycles. The maximum absolute atomic E-state index is 6.08. The van der Waals surface area contributed by atoms with Crippen LogP contribution in [0.2, 0.25) is 0 Å². The average molecular weight is 232 g/mol. The van der Waals surface area contributed by atoms with Crippen molar-refractivity contribution in [1.29, 1.82) is 0 Å². The van der Waals surface area contributed by atoms with Gasteiger partial charge in [-0.1, -0.05) is 0 Å². The molecule has 0 radical (unpaired) electrons. The summed E-state index contributed by atoms with van der Waals surface area (Å²) in [4.78, 5) is 12.6. The molecule has 0 aliphatic rings. The summed E-state index contributed by atoms with van der Waals surface area (Å²) in [5.74, 6) is 0.877. The molecule has 2 rings (SSSR count). The predicted octanol–water partition coefficient (Wildman–Crippen LogP) is 0.639. The Kier molecular flexibility index (Phi) is 3.43. The minimum atomic E-state index is -0.197. The third kappa shape index (κ3) is 2.65. The van der Waals surface area contributed by atoms with Crippen molar-refractivity contribution in [2.75, 3.05) is 0 Å². The Hall–Kier alpha value is -1.82. The van der Waals surface area contributed by atoms with E-state index in [4.69, 9.17) is 5.73 Å². The van der Waals surface area contributed by atoms with Crippen LogP contribution in [0, 0.1) is 6.92 Å². The molecule has 0 aromatic carbocycles. The zero-order valence-corrected chi connectivity index (χ0v) is 10.0. The van der Waals surface area contributed by atoms with Crippen LogP contribution in [-0.2, 0) is 13.0 Å². The van der Waals surface area contributed by atoms with Gasteiger partial charge in [-0.3, -0.25) is 14.6 Å². The van der Waals surface area contributed by atoms with Crippen LogP contribution in [0.4, 0.5) is 0 Å². The Morgan fingerprint density at radius 2 is 2.12 bits per heavy atom. The third-order valence-corrected chi connectivity index (χ3v) is 2.58. The molecule has 2 N–H and O–H groups in total.